The molecule has 0 aliphatic carbocycles. The zero-order chi connectivity index (χ0) is 13.5. The third-order valence-corrected chi connectivity index (χ3v) is 4.62. The molecule has 4 nitrogen and oxygen atoms in total. The minimum atomic E-state index is -0.230. The van der Waals surface area contributed by atoms with E-state index < -0.39 is 0 Å². The SMILES string of the molecule is Fc1ccc2nc(NC3CCN4CCCCC34)[nH]c2c1. The zero-order valence-electron chi connectivity index (χ0n) is 11.4. The summed E-state index contributed by atoms with van der Waals surface area (Å²) in [4.78, 5) is 10.3. The van der Waals surface area contributed by atoms with Crippen molar-refractivity contribution in [1.82, 2.24) is 14.9 Å². The lowest BCUT2D eigenvalue weighted by atomic mass is 9.99. The molecule has 4 rings (SSSR count). The van der Waals surface area contributed by atoms with E-state index in [1.54, 1.807) is 6.07 Å². The van der Waals surface area contributed by atoms with Gasteiger partial charge in [-0.05, 0) is 44.0 Å². The van der Waals surface area contributed by atoms with Crippen molar-refractivity contribution >= 4 is 17.0 Å². The predicted molar refractivity (Wildman–Crippen MR) is 77.3 cm³/mol. The molecule has 2 aliphatic rings. The van der Waals surface area contributed by atoms with Gasteiger partial charge in [0.05, 0.1) is 11.0 Å². The monoisotopic (exact) mass is 274 g/mol. The highest BCUT2D eigenvalue weighted by atomic mass is 19.1. The molecule has 2 N–H and O–H groups in total. The van der Waals surface area contributed by atoms with Crippen LogP contribution in [-0.2, 0) is 0 Å². The van der Waals surface area contributed by atoms with Crippen LogP contribution in [0, 0.1) is 5.82 Å². The predicted octanol–water partition coefficient (Wildman–Crippen LogP) is 2.74. The van der Waals surface area contributed by atoms with Gasteiger partial charge in [0, 0.05) is 18.6 Å². The Hall–Kier alpha value is -1.62. The van der Waals surface area contributed by atoms with Crippen LogP contribution in [0.5, 0.6) is 0 Å². The van der Waals surface area contributed by atoms with Gasteiger partial charge >= 0.3 is 0 Å². The molecule has 0 spiro atoms. The van der Waals surface area contributed by atoms with Crippen LogP contribution in [0.3, 0.4) is 0 Å². The number of hydrogen-bond donors (Lipinski definition) is 2. The van der Waals surface area contributed by atoms with E-state index in [-0.39, 0.29) is 5.82 Å². The molecular weight excluding hydrogens is 255 g/mol. The van der Waals surface area contributed by atoms with Gasteiger partial charge in [0.2, 0.25) is 5.95 Å². The molecular formula is C15H19FN4. The van der Waals surface area contributed by atoms with E-state index in [1.807, 2.05) is 0 Å². The second kappa shape index (κ2) is 4.74. The highest BCUT2D eigenvalue weighted by molar-refractivity contribution is 5.77. The van der Waals surface area contributed by atoms with Crippen LogP contribution in [0.1, 0.15) is 25.7 Å². The molecule has 106 valence electrons. The van der Waals surface area contributed by atoms with Crippen molar-refractivity contribution in [2.45, 2.75) is 37.8 Å². The molecule has 2 unspecified atom stereocenters. The van der Waals surface area contributed by atoms with Crippen LogP contribution in [0.2, 0.25) is 0 Å². The topological polar surface area (TPSA) is 44.0 Å². The first-order valence-corrected chi connectivity index (χ1v) is 7.45. The van der Waals surface area contributed by atoms with E-state index in [0.717, 1.165) is 23.4 Å². The summed E-state index contributed by atoms with van der Waals surface area (Å²) in [6.07, 6.45) is 5.08. The Bertz CT molecular complexity index is 623. The summed E-state index contributed by atoms with van der Waals surface area (Å²) in [6.45, 7) is 2.41. The first kappa shape index (κ1) is 12.1. The number of aromatic amines is 1. The number of hydrogen-bond acceptors (Lipinski definition) is 3. The maximum Gasteiger partial charge on any atom is 0.201 e. The van der Waals surface area contributed by atoms with Gasteiger partial charge in [0.15, 0.2) is 0 Å². The van der Waals surface area contributed by atoms with E-state index in [0.29, 0.717) is 12.1 Å². The minimum absolute atomic E-state index is 0.230. The number of piperidine rings is 1. The Morgan fingerprint density at radius 2 is 2.20 bits per heavy atom. The Kier molecular flexibility index (Phi) is 2.88. The minimum Gasteiger partial charge on any atom is -0.351 e. The van der Waals surface area contributed by atoms with E-state index >= 15 is 0 Å². The van der Waals surface area contributed by atoms with Gasteiger partial charge in [0.25, 0.3) is 0 Å². The molecule has 0 bridgehead atoms. The lowest BCUT2D eigenvalue weighted by Gasteiger charge is -2.32. The number of H-pyrrole nitrogens is 1. The molecule has 1 aromatic carbocycles. The fourth-order valence-corrected chi connectivity index (χ4v) is 3.64. The Morgan fingerprint density at radius 1 is 1.25 bits per heavy atom. The maximum atomic E-state index is 13.2. The lowest BCUT2D eigenvalue weighted by molar-refractivity contribution is 0.192. The number of fused-ring (bicyclic) bond motifs is 2. The van der Waals surface area contributed by atoms with Crippen LogP contribution in [0.25, 0.3) is 11.0 Å². The average molecular weight is 274 g/mol. The van der Waals surface area contributed by atoms with Crippen molar-refractivity contribution in [3.63, 3.8) is 0 Å². The molecule has 0 amide bonds. The van der Waals surface area contributed by atoms with Gasteiger partial charge in [-0.3, -0.25) is 4.90 Å². The number of nitrogens with one attached hydrogen (secondary N) is 2. The molecule has 2 fully saturated rings. The van der Waals surface area contributed by atoms with Crippen LogP contribution in [0.4, 0.5) is 10.3 Å². The molecule has 2 saturated heterocycles. The second-order valence-electron chi connectivity index (χ2n) is 5.89. The number of anilines is 1. The van der Waals surface area contributed by atoms with Gasteiger partial charge in [-0.2, -0.15) is 0 Å². The Morgan fingerprint density at radius 3 is 3.15 bits per heavy atom. The third-order valence-electron chi connectivity index (χ3n) is 4.62. The average Bonchev–Trinajstić information content (AvgIpc) is 3.03. The van der Waals surface area contributed by atoms with Crippen LogP contribution in [0.15, 0.2) is 18.2 Å². The molecule has 0 radical (unpaired) electrons. The fourth-order valence-electron chi connectivity index (χ4n) is 3.64. The Balaban J connectivity index is 1.55. The number of halogens is 1. The van der Waals surface area contributed by atoms with Crippen molar-refractivity contribution in [3.05, 3.63) is 24.0 Å². The van der Waals surface area contributed by atoms with Gasteiger partial charge in [0.1, 0.15) is 5.82 Å². The number of nitrogens with zero attached hydrogens (tertiary/aromatic N) is 2. The summed E-state index contributed by atoms with van der Waals surface area (Å²) >= 11 is 0. The summed E-state index contributed by atoms with van der Waals surface area (Å²) in [6, 6.07) is 5.75. The lowest BCUT2D eigenvalue weighted by Crippen LogP contribution is -2.41. The van der Waals surface area contributed by atoms with Gasteiger partial charge in [-0.15, -0.1) is 0 Å². The molecule has 5 heteroatoms. The smallest absolute Gasteiger partial charge is 0.201 e. The van der Waals surface area contributed by atoms with Gasteiger partial charge in [-0.1, -0.05) is 6.42 Å². The highest BCUT2D eigenvalue weighted by Crippen LogP contribution is 2.29. The molecule has 2 atom stereocenters. The Labute approximate surface area is 117 Å². The largest absolute Gasteiger partial charge is 0.351 e. The van der Waals surface area contributed by atoms with Crippen molar-refractivity contribution in [1.29, 1.82) is 0 Å². The summed E-state index contributed by atoms with van der Waals surface area (Å²) in [5.74, 6) is 0.537. The first-order chi connectivity index (χ1) is 9.79. The summed E-state index contributed by atoms with van der Waals surface area (Å²) in [5.41, 5.74) is 1.57. The maximum absolute atomic E-state index is 13.2. The molecule has 3 heterocycles. The summed E-state index contributed by atoms with van der Waals surface area (Å²) < 4.78 is 13.2. The normalized spacial score (nSPS) is 26.9. The van der Waals surface area contributed by atoms with Crippen molar-refractivity contribution in [2.75, 3.05) is 18.4 Å². The van der Waals surface area contributed by atoms with E-state index in [2.05, 4.69) is 20.2 Å². The van der Waals surface area contributed by atoms with Crippen LogP contribution >= 0.6 is 0 Å². The number of rotatable bonds is 2. The molecule has 1 aromatic heterocycles. The second-order valence-corrected chi connectivity index (χ2v) is 5.89. The number of benzene rings is 1. The number of aromatic nitrogens is 2. The summed E-state index contributed by atoms with van der Waals surface area (Å²) in [7, 11) is 0. The highest BCUT2D eigenvalue weighted by Gasteiger charge is 2.35. The quantitative estimate of drug-likeness (QED) is 0.885. The van der Waals surface area contributed by atoms with Crippen molar-refractivity contribution in [3.8, 4) is 0 Å². The third kappa shape index (κ3) is 2.06. The van der Waals surface area contributed by atoms with E-state index in [4.69, 9.17) is 0 Å². The van der Waals surface area contributed by atoms with Gasteiger partial charge in [-0.25, -0.2) is 9.37 Å². The molecule has 2 aliphatic heterocycles. The zero-order valence-corrected chi connectivity index (χ0v) is 11.4. The van der Waals surface area contributed by atoms with Crippen LogP contribution < -0.4 is 5.32 Å². The van der Waals surface area contributed by atoms with E-state index in [1.165, 1.54) is 44.5 Å². The first-order valence-electron chi connectivity index (χ1n) is 7.45. The van der Waals surface area contributed by atoms with Crippen molar-refractivity contribution in [2.24, 2.45) is 0 Å². The van der Waals surface area contributed by atoms with Crippen LogP contribution in [-0.4, -0.2) is 40.0 Å². The van der Waals surface area contributed by atoms with E-state index in [9.17, 15) is 4.39 Å². The van der Waals surface area contributed by atoms with Crippen molar-refractivity contribution < 1.29 is 4.39 Å². The standard InChI is InChI=1S/C15H19FN4/c16-10-4-5-11-13(9-10)19-15(17-11)18-12-6-8-20-7-2-1-3-14(12)20/h4-5,9,12,14H,1-3,6-8H2,(H2,17,18,19). The molecule has 20 heavy (non-hydrogen) atoms. The van der Waals surface area contributed by atoms with Gasteiger partial charge < -0.3 is 10.3 Å². The number of imidazole rings is 1. The fraction of sp³-hybridized carbons (Fsp3) is 0.533. The molecule has 0 saturated carbocycles. The summed E-state index contributed by atoms with van der Waals surface area (Å²) in [5, 5.41) is 3.52. The molecule has 2 aromatic rings.